The number of imidazole rings is 1. The van der Waals surface area contributed by atoms with Gasteiger partial charge in [-0.25, -0.2) is 9.78 Å². The van der Waals surface area contributed by atoms with Crippen LogP contribution in [-0.2, 0) is 0 Å². The SMILES string of the molecule is Cc1cccn2c(N=Nc3cc(Cl)cc(Cl)c3)c(C(=O)O)nc12. The Balaban J connectivity index is 2.15. The van der Waals surface area contributed by atoms with Gasteiger partial charge in [-0.3, -0.25) is 4.40 Å². The summed E-state index contributed by atoms with van der Waals surface area (Å²) < 4.78 is 1.58. The Kier molecular flexibility index (Phi) is 4.02. The van der Waals surface area contributed by atoms with Crippen molar-refractivity contribution in [3.05, 3.63) is 57.8 Å². The van der Waals surface area contributed by atoms with Crippen LogP contribution in [0.4, 0.5) is 11.5 Å². The number of pyridine rings is 1. The molecule has 0 aliphatic rings. The van der Waals surface area contributed by atoms with E-state index in [0.29, 0.717) is 21.4 Å². The zero-order valence-corrected chi connectivity index (χ0v) is 13.4. The smallest absolute Gasteiger partial charge is 0.358 e. The summed E-state index contributed by atoms with van der Waals surface area (Å²) in [7, 11) is 0. The molecule has 0 radical (unpaired) electrons. The number of carboxylic acid groups (broad SMARTS) is 1. The quantitative estimate of drug-likeness (QED) is 0.671. The van der Waals surface area contributed by atoms with Crippen LogP contribution in [-0.4, -0.2) is 20.5 Å². The van der Waals surface area contributed by atoms with Crippen LogP contribution < -0.4 is 0 Å². The van der Waals surface area contributed by atoms with Gasteiger partial charge in [0.05, 0.1) is 5.69 Å². The number of aryl methyl sites for hydroxylation is 1. The lowest BCUT2D eigenvalue weighted by Crippen LogP contribution is -1.96. The van der Waals surface area contributed by atoms with Crippen molar-refractivity contribution in [1.29, 1.82) is 0 Å². The number of hydrogen-bond acceptors (Lipinski definition) is 4. The molecule has 0 aliphatic carbocycles. The first-order valence-corrected chi connectivity index (χ1v) is 7.30. The van der Waals surface area contributed by atoms with Crippen LogP contribution in [0.25, 0.3) is 5.65 Å². The normalized spacial score (nSPS) is 11.4. The predicted molar refractivity (Wildman–Crippen MR) is 87.5 cm³/mol. The summed E-state index contributed by atoms with van der Waals surface area (Å²) >= 11 is 11.8. The lowest BCUT2D eigenvalue weighted by Gasteiger charge is -1.99. The summed E-state index contributed by atoms with van der Waals surface area (Å²) in [5.41, 5.74) is 1.60. The van der Waals surface area contributed by atoms with Crippen LogP contribution >= 0.6 is 23.2 Å². The van der Waals surface area contributed by atoms with Crippen molar-refractivity contribution in [2.45, 2.75) is 6.92 Å². The molecule has 0 unspecified atom stereocenters. The molecule has 116 valence electrons. The Bertz CT molecular complexity index is 930. The average Bonchev–Trinajstić information content (AvgIpc) is 2.84. The van der Waals surface area contributed by atoms with Crippen molar-refractivity contribution in [3.63, 3.8) is 0 Å². The number of aromatic nitrogens is 2. The van der Waals surface area contributed by atoms with Crippen molar-refractivity contribution in [2.24, 2.45) is 10.2 Å². The minimum atomic E-state index is -1.17. The summed E-state index contributed by atoms with van der Waals surface area (Å²) in [4.78, 5) is 15.5. The molecule has 3 aromatic rings. The van der Waals surface area contributed by atoms with Crippen molar-refractivity contribution >= 4 is 46.3 Å². The van der Waals surface area contributed by atoms with Gasteiger partial charge in [0.1, 0.15) is 5.65 Å². The minimum Gasteiger partial charge on any atom is -0.476 e. The van der Waals surface area contributed by atoms with E-state index in [9.17, 15) is 9.90 Å². The third-order valence-corrected chi connectivity index (χ3v) is 3.57. The number of carboxylic acids is 1. The number of carbonyl (C=O) groups is 1. The number of hydrogen-bond donors (Lipinski definition) is 1. The first-order chi connectivity index (χ1) is 11.0. The highest BCUT2D eigenvalue weighted by atomic mass is 35.5. The van der Waals surface area contributed by atoms with Crippen molar-refractivity contribution in [1.82, 2.24) is 9.38 Å². The molecule has 0 fully saturated rings. The van der Waals surface area contributed by atoms with Gasteiger partial charge in [0.2, 0.25) is 0 Å². The lowest BCUT2D eigenvalue weighted by atomic mass is 10.3. The number of aromatic carboxylic acids is 1. The van der Waals surface area contributed by atoms with Gasteiger partial charge in [-0.05, 0) is 36.8 Å². The molecule has 0 spiro atoms. The van der Waals surface area contributed by atoms with E-state index >= 15 is 0 Å². The summed E-state index contributed by atoms with van der Waals surface area (Å²) in [6.45, 7) is 1.84. The second-order valence-electron chi connectivity index (χ2n) is 4.80. The van der Waals surface area contributed by atoms with Crippen molar-refractivity contribution in [3.8, 4) is 0 Å². The predicted octanol–water partition coefficient (Wildman–Crippen LogP) is 5.06. The van der Waals surface area contributed by atoms with E-state index in [1.54, 1.807) is 34.9 Å². The molecule has 1 aromatic carbocycles. The Morgan fingerprint density at radius 3 is 2.57 bits per heavy atom. The third-order valence-electron chi connectivity index (χ3n) is 3.13. The van der Waals surface area contributed by atoms with Gasteiger partial charge >= 0.3 is 5.97 Å². The monoisotopic (exact) mass is 348 g/mol. The van der Waals surface area contributed by atoms with Crippen LogP contribution in [0.2, 0.25) is 10.0 Å². The maximum Gasteiger partial charge on any atom is 0.358 e. The highest BCUT2D eigenvalue weighted by molar-refractivity contribution is 6.35. The number of benzene rings is 1. The molecule has 0 atom stereocenters. The van der Waals surface area contributed by atoms with Crippen LogP contribution in [0.5, 0.6) is 0 Å². The van der Waals surface area contributed by atoms with Gasteiger partial charge in [0, 0.05) is 16.2 Å². The van der Waals surface area contributed by atoms with Gasteiger partial charge in [-0.1, -0.05) is 29.3 Å². The second kappa shape index (κ2) is 5.98. The molecule has 8 heteroatoms. The Labute approximate surface area is 141 Å². The largest absolute Gasteiger partial charge is 0.476 e. The number of rotatable bonds is 3. The Morgan fingerprint density at radius 2 is 1.91 bits per heavy atom. The van der Waals surface area contributed by atoms with E-state index in [1.807, 2.05) is 13.0 Å². The van der Waals surface area contributed by atoms with E-state index in [2.05, 4.69) is 15.2 Å². The molecule has 23 heavy (non-hydrogen) atoms. The molecule has 0 saturated heterocycles. The molecule has 0 saturated carbocycles. The number of azo groups is 1. The third kappa shape index (κ3) is 3.04. The van der Waals surface area contributed by atoms with Crippen LogP contribution in [0, 0.1) is 6.92 Å². The zero-order valence-electron chi connectivity index (χ0n) is 11.9. The molecular formula is C15H10Cl2N4O2. The maximum absolute atomic E-state index is 11.4. The first-order valence-electron chi connectivity index (χ1n) is 6.54. The highest BCUT2D eigenvalue weighted by Crippen LogP contribution is 2.28. The maximum atomic E-state index is 11.4. The molecule has 0 amide bonds. The van der Waals surface area contributed by atoms with Gasteiger partial charge in [0.15, 0.2) is 11.5 Å². The van der Waals surface area contributed by atoms with E-state index in [4.69, 9.17) is 23.2 Å². The first kappa shape index (κ1) is 15.5. The van der Waals surface area contributed by atoms with Crippen LogP contribution in [0.1, 0.15) is 16.1 Å². The van der Waals surface area contributed by atoms with E-state index in [0.717, 1.165) is 5.56 Å². The number of fused-ring (bicyclic) bond motifs is 1. The van der Waals surface area contributed by atoms with Gasteiger partial charge in [0.25, 0.3) is 0 Å². The molecule has 2 aromatic heterocycles. The molecule has 0 aliphatic heterocycles. The molecular weight excluding hydrogens is 339 g/mol. The summed E-state index contributed by atoms with van der Waals surface area (Å²) in [6.07, 6.45) is 1.68. The second-order valence-corrected chi connectivity index (χ2v) is 5.67. The summed E-state index contributed by atoms with van der Waals surface area (Å²) in [5.74, 6) is -1.04. The Morgan fingerprint density at radius 1 is 1.22 bits per heavy atom. The lowest BCUT2D eigenvalue weighted by molar-refractivity contribution is 0.0692. The van der Waals surface area contributed by atoms with Gasteiger partial charge in [-0.15, -0.1) is 10.2 Å². The van der Waals surface area contributed by atoms with E-state index in [-0.39, 0.29) is 11.5 Å². The fourth-order valence-electron chi connectivity index (χ4n) is 2.13. The number of halogens is 2. The average molecular weight is 349 g/mol. The molecule has 0 bridgehead atoms. The fourth-order valence-corrected chi connectivity index (χ4v) is 2.65. The molecule has 1 N–H and O–H groups in total. The zero-order chi connectivity index (χ0) is 16.6. The Hall–Kier alpha value is -2.44. The molecule has 6 nitrogen and oxygen atoms in total. The molecule has 2 heterocycles. The van der Waals surface area contributed by atoms with Crippen LogP contribution in [0.15, 0.2) is 46.8 Å². The van der Waals surface area contributed by atoms with E-state index in [1.165, 1.54) is 0 Å². The standard InChI is InChI=1S/C15H10Cl2N4O2/c1-8-3-2-4-21-13(8)18-12(15(22)23)14(21)20-19-11-6-9(16)5-10(17)7-11/h2-7H,1H3,(H,22,23). The fraction of sp³-hybridized carbons (Fsp3) is 0.0667. The topological polar surface area (TPSA) is 79.3 Å². The van der Waals surface area contributed by atoms with E-state index < -0.39 is 5.97 Å². The summed E-state index contributed by atoms with van der Waals surface area (Å²) in [6, 6.07) is 8.34. The van der Waals surface area contributed by atoms with Crippen molar-refractivity contribution < 1.29 is 9.90 Å². The molecule has 3 rings (SSSR count). The minimum absolute atomic E-state index is 0.132. The highest BCUT2D eigenvalue weighted by Gasteiger charge is 2.19. The summed E-state index contributed by atoms with van der Waals surface area (Å²) in [5, 5.41) is 18.2. The van der Waals surface area contributed by atoms with Gasteiger partial charge in [-0.2, -0.15) is 0 Å². The van der Waals surface area contributed by atoms with Gasteiger partial charge < -0.3 is 5.11 Å². The number of nitrogens with zero attached hydrogens (tertiary/aromatic N) is 4. The van der Waals surface area contributed by atoms with Crippen molar-refractivity contribution in [2.75, 3.05) is 0 Å². The van der Waals surface area contributed by atoms with Crippen LogP contribution in [0.3, 0.4) is 0 Å².